The predicted molar refractivity (Wildman–Crippen MR) is 66.2 cm³/mol. The molecule has 0 atom stereocenters. The second-order valence-corrected chi connectivity index (χ2v) is 3.57. The van der Waals surface area contributed by atoms with Crippen LogP contribution in [0.3, 0.4) is 0 Å². The molecule has 0 aliphatic carbocycles. The summed E-state index contributed by atoms with van der Waals surface area (Å²) >= 11 is 0. The van der Waals surface area contributed by atoms with Gasteiger partial charge in [-0.15, -0.1) is 0 Å². The van der Waals surface area contributed by atoms with Crippen LogP contribution >= 0.6 is 0 Å². The number of rotatable bonds is 4. The lowest BCUT2D eigenvalue weighted by atomic mass is 10.1. The first-order valence-electron chi connectivity index (χ1n) is 5.34. The molecule has 0 fully saturated rings. The van der Waals surface area contributed by atoms with Crippen molar-refractivity contribution in [3.63, 3.8) is 0 Å². The van der Waals surface area contributed by atoms with E-state index in [1.54, 1.807) is 24.3 Å². The zero-order chi connectivity index (χ0) is 13.0. The van der Waals surface area contributed by atoms with Gasteiger partial charge in [-0.05, 0) is 18.2 Å². The normalized spacial score (nSPS) is 10.0. The minimum Gasteiger partial charge on any atom is -0.507 e. The molecule has 92 valence electrons. The molecule has 5 heteroatoms. The molecule has 1 aromatic carbocycles. The second kappa shape index (κ2) is 5.18. The number of ether oxygens (including phenoxy) is 1. The van der Waals surface area contributed by atoms with E-state index in [4.69, 9.17) is 4.74 Å². The summed E-state index contributed by atoms with van der Waals surface area (Å²) in [6, 6.07) is 8.29. The number of aromatic amines is 1. The molecule has 2 N–H and O–H groups in total. The van der Waals surface area contributed by atoms with Crippen LogP contribution in [0.1, 0.15) is 10.5 Å². The first kappa shape index (κ1) is 11.9. The van der Waals surface area contributed by atoms with Crippen LogP contribution in [0, 0.1) is 0 Å². The molecular formula is C13H12N2O3. The number of para-hydroxylation sites is 1. The van der Waals surface area contributed by atoms with E-state index in [0.29, 0.717) is 11.3 Å². The van der Waals surface area contributed by atoms with Gasteiger partial charge >= 0.3 is 5.97 Å². The number of phenolic OH excluding ortho intramolecular Hbond substituents is 1. The molecule has 0 amide bonds. The van der Waals surface area contributed by atoms with Gasteiger partial charge in [0.1, 0.15) is 18.1 Å². The summed E-state index contributed by atoms with van der Waals surface area (Å²) in [6.07, 6.45) is 1.48. The predicted octanol–water partition coefficient (Wildman–Crippen LogP) is 2.13. The molecule has 5 nitrogen and oxygen atoms in total. The Labute approximate surface area is 104 Å². The SMILES string of the molecule is C=CCOC(=O)c1cc(-c2ccccc2O)n[nH]1. The molecule has 1 aromatic heterocycles. The first-order chi connectivity index (χ1) is 8.72. The molecule has 0 saturated heterocycles. The summed E-state index contributed by atoms with van der Waals surface area (Å²) in [4.78, 5) is 11.5. The summed E-state index contributed by atoms with van der Waals surface area (Å²) in [5, 5.41) is 16.2. The van der Waals surface area contributed by atoms with Gasteiger partial charge in [0.15, 0.2) is 0 Å². The quantitative estimate of drug-likeness (QED) is 0.638. The minimum atomic E-state index is -0.510. The number of H-pyrrole nitrogens is 1. The number of aromatic nitrogens is 2. The average Bonchev–Trinajstić information content (AvgIpc) is 2.86. The van der Waals surface area contributed by atoms with Crippen LogP contribution in [0.4, 0.5) is 0 Å². The number of hydrogen-bond acceptors (Lipinski definition) is 4. The molecule has 2 rings (SSSR count). The zero-order valence-electron chi connectivity index (χ0n) is 9.59. The highest BCUT2D eigenvalue weighted by Crippen LogP contribution is 2.27. The van der Waals surface area contributed by atoms with Crippen LogP contribution in [0.25, 0.3) is 11.3 Å². The third-order valence-electron chi connectivity index (χ3n) is 2.31. The van der Waals surface area contributed by atoms with Crippen molar-refractivity contribution in [2.45, 2.75) is 0 Å². The van der Waals surface area contributed by atoms with E-state index in [-0.39, 0.29) is 18.1 Å². The van der Waals surface area contributed by atoms with E-state index in [2.05, 4.69) is 16.8 Å². The monoisotopic (exact) mass is 244 g/mol. The van der Waals surface area contributed by atoms with Crippen molar-refractivity contribution in [2.75, 3.05) is 6.61 Å². The summed E-state index contributed by atoms with van der Waals surface area (Å²) in [7, 11) is 0. The highest BCUT2D eigenvalue weighted by molar-refractivity contribution is 5.89. The maximum atomic E-state index is 11.5. The molecule has 0 aliphatic rings. The van der Waals surface area contributed by atoms with E-state index < -0.39 is 5.97 Å². The van der Waals surface area contributed by atoms with E-state index in [9.17, 15) is 9.90 Å². The average molecular weight is 244 g/mol. The number of carbonyl (C=O) groups excluding carboxylic acids is 1. The number of aromatic hydroxyl groups is 1. The van der Waals surface area contributed by atoms with Crippen LogP contribution in [0.2, 0.25) is 0 Å². The van der Waals surface area contributed by atoms with Crippen LogP contribution in [-0.4, -0.2) is 27.9 Å². The summed E-state index contributed by atoms with van der Waals surface area (Å²) < 4.78 is 4.87. The Morgan fingerprint density at radius 2 is 2.28 bits per heavy atom. The standard InChI is InChI=1S/C13H12N2O3/c1-2-7-18-13(17)11-8-10(14-15-11)9-5-3-4-6-12(9)16/h2-6,8,16H,1,7H2,(H,14,15). The van der Waals surface area contributed by atoms with Crippen LogP contribution in [0.5, 0.6) is 5.75 Å². The van der Waals surface area contributed by atoms with Gasteiger partial charge in [0.25, 0.3) is 0 Å². The van der Waals surface area contributed by atoms with Crippen LogP contribution in [-0.2, 0) is 4.74 Å². The fourth-order valence-electron chi connectivity index (χ4n) is 1.47. The summed E-state index contributed by atoms with van der Waals surface area (Å²) in [5.41, 5.74) is 1.27. The number of benzene rings is 1. The molecule has 2 aromatic rings. The molecular weight excluding hydrogens is 232 g/mol. The van der Waals surface area contributed by atoms with Gasteiger partial charge < -0.3 is 9.84 Å². The molecule has 0 aliphatic heterocycles. The fourth-order valence-corrected chi connectivity index (χ4v) is 1.47. The Kier molecular flexibility index (Phi) is 3.43. The van der Waals surface area contributed by atoms with Crippen molar-refractivity contribution < 1.29 is 14.6 Å². The van der Waals surface area contributed by atoms with Crippen molar-refractivity contribution in [1.82, 2.24) is 10.2 Å². The molecule has 18 heavy (non-hydrogen) atoms. The van der Waals surface area contributed by atoms with Gasteiger partial charge in [-0.2, -0.15) is 5.10 Å². The van der Waals surface area contributed by atoms with Gasteiger partial charge in [-0.1, -0.05) is 24.8 Å². The first-order valence-corrected chi connectivity index (χ1v) is 5.34. The van der Waals surface area contributed by atoms with Crippen molar-refractivity contribution in [3.8, 4) is 17.0 Å². The van der Waals surface area contributed by atoms with Crippen LogP contribution < -0.4 is 0 Å². The lowest BCUT2D eigenvalue weighted by Gasteiger charge is -1.98. The minimum absolute atomic E-state index is 0.106. The lowest BCUT2D eigenvalue weighted by Crippen LogP contribution is -2.05. The van der Waals surface area contributed by atoms with Crippen molar-refractivity contribution in [2.24, 2.45) is 0 Å². The summed E-state index contributed by atoms with van der Waals surface area (Å²) in [5.74, 6) is -0.404. The molecule has 0 bridgehead atoms. The van der Waals surface area contributed by atoms with Gasteiger partial charge in [0.2, 0.25) is 0 Å². The largest absolute Gasteiger partial charge is 0.507 e. The number of nitrogens with one attached hydrogen (secondary N) is 1. The molecule has 1 heterocycles. The van der Waals surface area contributed by atoms with Crippen molar-refractivity contribution in [1.29, 1.82) is 0 Å². The second-order valence-electron chi connectivity index (χ2n) is 3.57. The van der Waals surface area contributed by atoms with Crippen LogP contribution in [0.15, 0.2) is 43.0 Å². The highest BCUT2D eigenvalue weighted by atomic mass is 16.5. The van der Waals surface area contributed by atoms with Gasteiger partial charge in [0, 0.05) is 5.56 Å². The third-order valence-corrected chi connectivity index (χ3v) is 2.31. The summed E-state index contributed by atoms with van der Waals surface area (Å²) in [6.45, 7) is 3.60. The number of carbonyl (C=O) groups is 1. The molecule has 0 saturated carbocycles. The Hall–Kier alpha value is -2.56. The third kappa shape index (κ3) is 2.40. The van der Waals surface area contributed by atoms with E-state index in [0.717, 1.165) is 0 Å². The van der Waals surface area contributed by atoms with E-state index >= 15 is 0 Å². The number of phenols is 1. The Balaban J connectivity index is 2.23. The molecule has 0 radical (unpaired) electrons. The van der Waals surface area contributed by atoms with Gasteiger partial charge in [-0.25, -0.2) is 4.79 Å². The number of nitrogens with zero attached hydrogens (tertiary/aromatic N) is 1. The fraction of sp³-hybridized carbons (Fsp3) is 0.0769. The highest BCUT2D eigenvalue weighted by Gasteiger charge is 2.13. The molecule has 0 spiro atoms. The maximum absolute atomic E-state index is 11.5. The van der Waals surface area contributed by atoms with Crippen molar-refractivity contribution in [3.05, 3.63) is 48.7 Å². The van der Waals surface area contributed by atoms with Gasteiger partial charge in [0.05, 0.1) is 5.69 Å². The van der Waals surface area contributed by atoms with E-state index in [1.165, 1.54) is 12.1 Å². The molecule has 0 unspecified atom stereocenters. The smallest absolute Gasteiger partial charge is 0.356 e. The Morgan fingerprint density at radius 3 is 3.00 bits per heavy atom. The number of esters is 1. The zero-order valence-corrected chi connectivity index (χ0v) is 9.59. The Bertz CT molecular complexity index is 575. The number of hydrogen-bond donors (Lipinski definition) is 2. The lowest BCUT2D eigenvalue weighted by molar-refractivity contribution is 0.0543. The maximum Gasteiger partial charge on any atom is 0.356 e. The Morgan fingerprint density at radius 1 is 1.50 bits per heavy atom. The van der Waals surface area contributed by atoms with Crippen molar-refractivity contribution >= 4 is 5.97 Å². The van der Waals surface area contributed by atoms with Gasteiger partial charge in [-0.3, -0.25) is 5.10 Å². The topological polar surface area (TPSA) is 75.2 Å². The van der Waals surface area contributed by atoms with E-state index in [1.807, 2.05) is 0 Å².